The molecule has 1 aliphatic heterocycles. The molecule has 0 bridgehead atoms. The van der Waals surface area contributed by atoms with Crippen molar-refractivity contribution in [3.63, 3.8) is 0 Å². The minimum absolute atomic E-state index is 0.0547. The van der Waals surface area contributed by atoms with Crippen LogP contribution in [0.4, 0.5) is 0 Å². The van der Waals surface area contributed by atoms with Gasteiger partial charge in [-0.3, -0.25) is 19.2 Å². The van der Waals surface area contributed by atoms with Crippen molar-refractivity contribution in [1.29, 1.82) is 0 Å². The fourth-order valence-electron chi connectivity index (χ4n) is 7.45. The highest BCUT2D eigenvalue weighted by Gasteiger charge is 2.58. The molecule has 1 aliphatic carbocycles. The summed E-state index contributed by atoms with van der Waals surface area (Å²) in [4.78, 5) is 60.3. The molecule has 3 amide bonds. The van der Waals surface area contributed by atoms with Crippen molar-refractivity contribution in [2.75, 3.05) is 34.0 Å². The van der Waals surface area contributed by atoms with E-state index >= 15 is 0 Å². The number of Topliss-reactive ketones (excluding diaryl/α,β-unsaturated/α-hetero) is 1. The summed E-state index contributed by atoms with van der Waals surface area (Å²) in [5, 5.41) is 9.54. The summed E-state index contributed by atoms with van der Waals surface area (Å²) in [6.07, 6.45) is 16.7. The zero-order valence-electron chi connectivity index (χ0n) is 31.6. The van der Waals surface area contributed by atoms with E-state index in [9.17, 15) is 19.2 Å². The summed E-state index contributed by atoms with van der Waals surface area (Å²) >= 11 is 1.22. The third kappa shape index (κ3) is 12.2. The maximum absolute atomic E-state index is 14.8. The Morgan fingerprint density at radius 3 is 1.77 bits per heavy atom. The van der Waals surface area contributed by atoms with E-state index in [4.69, 9.17) is 14.2 Å². The van der Waals surface area contributed by atoms with E-state index in [-0.39, 0.29) is 19.0 Å². The average molecular weight is 741 g/mol. The van der Waals surface area contributed by atoms with Gasteiger partial charge in [0.1, 0.15) is 22.6 Å². The van der Waals surface area contributed by atoms with Crippen molar-refractivity contribution < 1.29 is 33.4 Å². The van der Waals surface area contributed by atoms with Crippen LogP contribution in [0.25, 0.3) is 0 Å². The van der Waals surface area contributed by atoms with Gasteiger partial charge in [0.15, 0.2) is 5.78 Å². The van der Waals surface area contributed by atoms with Crippen molar-refractivity contribution in [1.82, 2.24) is 20.9 Å². The predicted octanol–water partition coefficient (Wildman–Crippen LogP) is 5.87. The van der Waals surface area contributed by atoms with Gasteiger partial charge >= 0.3 is 0 Å². The SMILES string of the molecule is COC[C@H](NC(=O)c1cnc(C)s1)C(=O)N[C@@H](COC)C(=O)N[C@@H](Cc1ccccc1)C1(C(=O)[C@@]2(C)CO2)CCCCCCCCCCCCCC1. The number of carbonyl (C=O) groups excluding carboxylic acids is 4. The van der Waals surface area contributed by atoms with Crippen LogP contribution in [0.15, 0.2) is 36.5 Å². The molecule has 288 valence electrons. The number of methoxy groups -OCH3 is 2. The van der Waals surface area contributed by atoms with Gasteiger partial charge in [0.25, 0.3) is 5.91 Å². The maximum atomic E-state index is 14.8. The first-order chi connectivity index (χ1) is 25.1. The van der Waals surface area contributed by atoms with Gasteiger partial charge in [0, 0.05) is 20.3 Å². The number of nitrogens with one attached hydrogen (secondary N) is 3. The molecule has 52 heavy (non-hydrogen) atoms. The molecule has 12 heteroatoms. The number of ether oxygens (including phenoxy) is 3. The van der Waals surface area contributed by atoms with Gasteiger partial charge in [-0.2, -0.15) is 0 Å². The van der Waals surface area contributed by atoms with Gasteiger partial charge < -0.3 is 30.2 Å². The van der Waals surface area contributed by atoms with Gasteiger partial charge in [0.05, 0.1) is 36.4 Å². The van der Waals surface area contributed by atoms with Crippen molar-refractivity contribution in [3.8, 4) is 0 Å². The van der Waals surface area contributed by atoms with E-state index in [0.29, 0.717) is 30.7 Å². The lowest BCUT2D eigenvalue weighted by Gasteiger charge is -2.42. The minimum Gasteiger partial charge on any atom is -0.382 e. The lowest BCUT2D eigenvalue weighted by atomic mass is 9.64. The number of hydrogen-bond acceptors (Lipinski definition) is 9. The molecule has 2 fully saturated rings. The molecule has 1 saturated carbocycles. The van der Waals surface area contributed by atoms with Gasteiger partial charge in [0.2, 0.25) is 11.8 Å². The normalized spacial score (nSPS) is 21.7. The second-order valence-electron chi connectivity index (χ2n) is 14.7. The first-order valence-corrected chi connectivity index (χ1v) is 20.0. The molecule has 2 heterocycles. The molecule has 11 nitrogen and oxygen atoms in total. The summed E-state index contributed by atoms with van der Waals surface area (Å²) in [5.41, 5.74) is -0.755. The number of rotatable bonds is 15. The molecule has 3 N–H and O–H groups in total. The van der Waals surface area contributed by atoms with E-state index in [1.807, 2.05) is 37.3 Å². The molecule has 4 rings (SSSR count). The van der Waals surface area contributed by atoms with Crippen LogP contribution in [-0.4, -0.2) is 86.3 Å². The second-order valence-corrected chi connectivity index (χ2v) is 16.0. The summed E-state index contributed by atoms with van der Waals surface area (Å²) in [6, 6.07) is 7.21. The zero-order chi connectivity index (χ0) is 37.4. The molecule has 1 saturated heterocycles. The average Bonchev–Trinajstić information content (AvgIpc) is 3.74. The molecule has 2 aromatic rings. The summed E-state index contributed by atoms with van der Waals surface area (Å²) in [6.45, 7) is 3.82. The Hall–Kier alpha value is -3.19. The van der Waals surface area contributed by atoms with Crippen LogP contribution in [0, 0.1) is 12.3 Å². The Morgan fingerprint density at radius 1 is 0.788 bits per heavy atom. The van der Waals surface area contributed by atoms with Crippen molar-refractivity contribution in [2.24, 2.45) is 5.41 Å². The molecule has 2 aliphatic rings. The van der Waals surface area contributed by atoms with Gasteiger partial charge in [-0.15, -0.1) is 11.3 Å². The summed E-state index contributed by atoms with van der Waals surface area (Å²) in [7, 11) is 2.90. The number of aryl methyl sites for hydroxylation is 1. The number of benzene rings is 1. The lowest BCUT2D eigenvalue weighted by Crippen LogP contribution is -2.61. The largest absolute Gasteiger partial charge is 0.382 e. The summed E-state index contributed by atoms with van der Waals surface area (Å²) in [5.74, 6) is -1.45. The third-order valence-electron chi connectivity index (χ3n) is 10.5. The van der Waals surface area contributed by atoms with E-state index in [0.717, 1.165) is 49.1 Å². The highest BCUT2D eigenvalue weighted by atomic mass is 32.1. The van der Waals surface area contributed by atoms with Crippen LogP contribution in [0.1, 0.15) is 117 Å². The molecule has 0 spiro atoms. The van der Waals surface area contributed by atoms with Crippen LogP contribution in [-0.2, 0) is 35.0 Å². The topological polar surface area (TPSA) is 148 Å². The Bertz CT molecular complexity index is 1410. The van der Waals surface area contributed by atoms with E-state index in [1.165, 1.54) is 70.3 Å². The van der Waals surface area contributed by atoms with Crippen LogP contribution in [0.3, 0.4) is 0 Å². The number of ketones is 1. The fourth-order valence-corrected chi connectivity index (χ4v) is 8.13. The molecular weight excluding hydrogens is 681 g/mol. The molecule has 1 aromatic carbocycles. The third-order valence-corrected chi connectivity index (χ3v) is 11.4. The van der Waals surface area contributed by atoms with Crippen molar-refractivity contribution in [2.45, 2.75) is 134 Å². The second kappa shape index (κ2) is 20.9. The standard InChI is InChI=1S/C40H60N4O7S/c1-29-41-25-33(52-29)37(47)43-31(26-49-3)35(45)42-32(27-50-4)36(46)44-34(24-30-20-16-15-17-21-30)40(38(48)39(2)28-51-39)22-18-13-11-9-7-5-6-8-10-12-14-19-23-40/h15-17,20-21,25,31-32,34H,5-14,18-19,22-24,26-28H2,1-4H3,(H,42,45)(H,43,47)(H,44,46)/t31-,32-,34-,39+/m0/s1. The first kappa shape index (κ1) is 41.6. The van der Waals surface area contributed by atoms with Crippen LogP contribution >= 0.6 is 11.3 Å². The summed E-state index contributed by atoms with van der Waals surface area (Å²) < 4.78 is 16.5. The number of amides is 3. The predicted molar refractivity (Wildman–Crippen MR) is 202 cm³/mol. The number of hydrogen-bond donors (Lipinski definition) is 3. The zero-order valence-corrected chi connectivity index (χ0v) is 32.5. The Kier molecular flexibility index (Phi) is 16.7. The number of carbonyl (C=O) groups is 4. The number of nitrogens with zero attached hydrogens (tertiary/aromatic N) is 1. The first-order valence-electron chi connectivity index (χ1n) is 19.2. The fraction of sp³-hybridized carbons (Fsp3) is 0.675. The highest BCUT2D eigenvalue weighted by molar-refractivity contribution is 7.13. The van der Waals surface area contributed by atoms with E-state index < -0.39 is 46.9 Å². The van der Waals surface area contributed by atoms with Crippen LogP contribution in [0.2, 0.25) is 0 Å². The molecule has 0 unspecified atom stereocenters. The molecule has 1 aromatic heterocycles. The highest BCUT2D eigenvalue weighted by Crippen LogP contribution is 2.45. The van der Waals surface area contributed by atoms with Gasteiger partial charge in [-0.05, 0) is 38.7 Å². The number of thiazole rings is 1. The lowest BCUT2D eigenvalue weighted by molar-refractivity contribution is -0.139. The molecular formula is C40H60N4O7S. The Morgan fingerprint density at radius 2 is 1.29 bits per heavy atom. The van der Waals surface area contributed by atoms with E-state index in [1.54, 1.807) is 6.92 Å². The maximum Gasteiger partial charge on any atom is 0.263 e. The van der Waals surface area contributed by atoms with Crippen molar-refractivity contribution in [3.05, 3.63) is 52.0 Å². The van der Waals surface area contributed by atoms with Crippen LogP contribution < -0.4 is 16.0 Å². The smallest absolute Gasteiger partial charge is 0.263 e. The van der Waals surface area contributed by atoms with Crippen molar-refractivity contribution >= 4 is 34.8 Å². The molecule has 0 radical (unpaired) electrons. The monoisotopic (exact) mass is 740 g/mol. The number of aromatic nitrogens is 1. The Labute approximate surface area is 313 Å². The van der Waals surface area contributed by atoms with E-state index in [2.05, 4.69) is 20.9 Å². The molecule has 4 atom stereocenters. The Balaban J connectivity index is 1.63. The van der Waals surface area contributed by atoms with Gasteiger partial charge in [-0.1, -0.05) is 107 Å². The minimum atomic E-state index is -1.10. The quantitative estimate of drug-likeness (QED) is 0.192. The van der Waals surface area contributed by atoms with Gasteiger partial charge in [-0.25, -0.2) is 4.98 Å². The van der Waals surface area contributed by atoms with Crippen LogP contribution in [0.5, 0.6) is 0 Å². The number of epoxide rings is 1.